The van der Waals surface area contributed by atoms with Crippen LogP contribution in [0.2, 0.25) is 0 Å². The van der Waals surface area contributed by atoms with Gasteiger partial charge < -0.3 is 9.47 Å². The highest BCUT2D eigenvalue weighted by Crippen LogP contribution is 2.19. The number of benzene rings is 1. The van der Waals surface area contributed by atoms with Gasteiger partial charge in [-0.2, -0.15) is 10.4 Å². The van der Waals surface area contributed by atoms with Crippen LogP contribution in [-0.2, 0) is 16.6 Å². The summed E-state index contributed by atoms with van der Waals surface area (Å²) >= 11 is 3.24. The molecule has 0 N–H and O–H groups in total. The number of carbonyl (C=O) groups excluding carboxylic acids is 2. The summed E-state index contributed by atoms with van der Waals surface area (Å²) in [4.78, 5) is 23.7. The molecule has 0 spiro atoms. The van der Waals surface area contributed by atoms with Gasteiger partial charge >= 0.3 is 11.9 Å². The van der Waals surface area contributed by atoms with Gasteiger partial charge in [-0.05, 0) is 46.6 Å². The number of halogens is 1. The molecule has 0 fully saturated rings. The van der Waals surface area contributed by atoms with E-state index < -0.39 is 11.9 Å². The highest BCUT2D eigenvalue weighted by atomic mass is 79.9. The van der Waals surface area contributed by atoms with Crippen molar-refractivity contribution in [2.75, 3.05) is 6.61 Å². The zero-order valence-corrected chi connectivity index (χ0v) is 15.1. The Morgan fingerprint density at radius 1 is 1.36 bits per heavy atom. The first-order valence-electron chi connectivity index (χ1n) is 7.25. The second kappa shape index (κ2) is 8.26. The van der Waals surface area contributed by atoms with E-state index in [0.717, 1.165) is 0 Å². The van der Waals surface area contributed by atoms with Crippen LogP contribution in [0.15, 0.2) is 40.5 Å². The van der Waals surface area contributed by atoms with Crippen LogP contribution in [0.4, 0.5) is 0 Å². The van der Waals surface area contributed by atoms with Crippen LogP contribution in [0.25, 0.3) is 6.08 Å². The monoisotopic (exact) mass is 403 g/mol. The number of hydrogen-bond acceptors (Lipinski definition) is 6. The second-order valence-electron chi connectivity index (χ2n) is 4.85. The topological polar surface area (TPSA) is 94.2 Å². The largest absolute Gasteiger partial charge is 0.462 e. The zero-order chi connectivity index (χ0) is 18.4. The number of aromatic nitrogens is 2. The van der Waals surface area contributed by atoms with Gasteiger partial charge in [0, 0.05) is 13.2 Å². The third-order valence-corrected chi connectivity index (χ3v) is 3.58. The Hall–Kier alpha value is -2.92. The summed E-state index contributed by atoms with van der Waals surface area (Å²) in [6.45, 7) is 1.85. The molecule has 2 aromatic rings. The zero-order valence-electron chi connectivity index (χ0n) is 13.5. The summed E-state index contributed by atoms with van der Waals surface area (Å²) in [6, 6.07) is 8.15. The Kier molecular flexibility index (Phi) is 6.08. The van der Waals surface area contributed by atoms with Gasteiger partial charge in [-0.3, -0.25) is 4.68 Å². The summed E-state index contributed by atoms with van der Waals surface area (Å²) < 4.78 is 12.1. The van der Waals surface area contributed by atoms with Crippen molar-refractivity contribution in [1.82, 2.24) is 9.78 Å². The summed E-state index contributed by atoms with van der Waals surface area (Å²) in [7, 11) is 1.69. The van der Waals surface area contributed by atoms with E-state index in [1.54, 1.807) is 50.5 Å². The summed E-state index contributed by atoms with van der Waals surface area (Å²) in [5.41, 5.74) is 0.660. The molecular weight excluding hydrogens is 390 g/mol. The molecule has 2 rings (SSSR count). The van der Waals surface area contributed by atoms with Crippen molar-refractivity contribution in [2.24, 2.45) is 7.05 Å². The van der Waals surface area contributed by atoms with Crippen LogP contribution in [-0.4, -0.2) is 28.3 Å². The Balaban J connectivity index is 2.12. The van der Waals surface area contributed by atoms with Crippen molar-refractivity contribution in [2.45, 2.75) is 6.92 Å². The van der Waals surface area contributed by atoms with E-state index in [-0.39, 0.29) is 17.9 Å². The van der Waals surface area contributed by atoms with Crippen LogP contribution in [0, 0.1) is 11.3 Å². The van der Waals surface area contributed by atoms with E-state index in [9.17, 15) is 9.59 Å². The molecule has 0 aliphatic carbocycles. The number of carbonyl (C=O) groups is 2. The minimum atomic E-state index is -0.680. The van der Waals surface area contributed by atoms with E-state index in [2.05, 4.69) is 21.0 Å². The van der Waals surface area contributed by atoms with Crippen molar-refractivity contribution < 1.29 is 19.1 Å². The molecule has 1 heterocycles. The summed E-state index contributed by atoms with van der Waals surface area (Å²) in [5, 5.41) is 13.0. The van der Waals surface area contributed by atoms with Crippen LogP contribution in [0.5, 0.6) is 5.75 Å². The molecule has 0 unspecified atom stereocenters. The minimum Gasteiger partial charge on any atom is -0.462 e. The van der Waals surface area contributed by atoms with Crippen LogP contribution in [0.1, 0.15) is 23.0 Å². The van der Waals surface area contributed by atoms with Crippen molar-refractivity contribution >= 4 is 33.9 Å². The number of aryl methyl sites for hydroxylation is 1. The lowest BCUT2D eigenvalue weighted by atomic mass is 10.1. The van der Waals surface area contributed by atoms with Gasteiger partial charge in [-0.1, -0.05) is 12.1 Å². The molecule has 0 saturated heterocycles. The Morgan fingerprint density at radius 3 is 2.56 bits per heavy atom. The Morgan fingerprint density at radius 2 is 2.04 bits per heavy atom. The maximum atomic E-state index is 12.1. The highest BCUT2D eigenvalue weighted by molar-refractivity contribution is 9.10. The Bertz CT molecular complexity index is 863. The SMILES string of the molecule is CCOC(=O)C(C#N)=Cc1ccc(OC(=O)c2nn(C)cc2Br)cc1. The fourth-order valence-electron chi connectivity index (χ4n) is 1.90. The highest BCUT2D eigenvalue weighted by Gasteiger charge is 2.17. The first kappa shape index (κ1) is 18.4. The third kappa shape index (κ3) is 4.78. The van der Waals surface area contributed by atoms with Crippen molar-refractivity contribution in [3.63, 3.8) is 0 Å². The molecule has 0 saturated carbocycles. The number of ether oxygens (including phenoxy) is 2. The average molecular weight is 404 g/mol. The molecular formula is C17H14BrN3O4. The molecule has 0 atom stereocenters. The molecule has 128 valence electrons. The molecule has 0 aliphatic rings. The lowest BCUT2D eigenvalue weighted by Gasteiger charge is -2.04. The first-order chi connectivity index (χ1) is 11.9. The molecule has 25 heavy (non-hydrogen) atoms. The van der Waals surface area contributed by atoms with Crippen LogP contribution in [0.3, 0.4) is 0 Å². The molecule has 1 aromatic heterocycles. The Labute approximate surface area is 152 Å². The lowest BCUT2D eigenvalue weighted by molar-refractivity contribution is -0.137. The number of nitriles is 1. The molecule has 0 bridgehead atoms. The fraction of sp³-hybridized carbons (Fsp3) is 0.176. The predicted octanol–water partition coefficient (Wildman–Crippen LogP) is 2.87. The normalized spacial score (nSPS) is 10.9. The van der Waals surface area contributed by atoms with Gasteiger partial charge in [0.25, 0.3) is 0 Å². The second-order valence-corrected chi connectivity index (χ2v) is 5.70. The molecule has 7 nitrogen and oxygen atoms in total. The van der Waals surface area contributed by atoms with E-state index >= 15 is 0 Å². The molecule has 0 amide bonds. The van der Waals surface area contributed by atoms with Gasteiger partial charge in [0.15, 0.2) is 5.69 Å². The fourth-order valence-corrected chi connectivity index (χ4v) is 2.44. The molecule has 8 heteroatoms. The molecule has 1 aromatic carbocycles. The van der Waals surface area contributed by atoms with E-state index in [0.29, 0.717) is 15.8 Å². The van der Waals surface area contributed by atoms with Gasteiger partial charge in [-0.25, -0.2) is 9.59 Å². The van der Waals surface area contributed by atoms with Gasteiger partial charge in [0.2, 0.25) is 0 Å². The van der Waals surface area contributed by atoms with Crippen LogP contribution >= 0.6 is 15.9 Å². The first-order valence-corrected chi connectivity index (χ1v) is 8.04. The van der Waals surface area contributed by atoms with E-state index in [4.69, 9.17) is 14.7 Å². The van der Waals surface area contributed by atoms with E-state index in [1.807, 2.05) is 0 Å². The summed E-state index contributed by atoms with van der Waals surface area (Å²) in [5.74, 6) is -0.963. The minimum absolute atomic E-state index is 0.107. The van der Waals surface area contributed by atoms with Gasteiger partial charge in [0.05, 0.1) is 11.1 Å². The van der Waals surface area contributed by atoms with Crippen LogP contribution < -0.4 is 4.74 Å². The maximum Gasteiger partial charge on any atom is 0.365 e. The van der Waals surface area contributed by atoms with Gasteiger partial charge in [0.1, 0.15) is 17.4 Å². The maximum absolute atomic E-state index is 12.1. The smallest absolute Gasteiger partial charge is 0.365 e. The lowest BCUT2D eigenvalue weighted by Crippen LogP contribution is -2.10. The van der Waals surface area contributed by atoms with Gasteiger partial charge in [-0.15, -0.1) is 0 Å². The predicted molar refractivity (Wildman–Crippen MR) is 92.5 cm³/mol. The quantitative estimate of drug-likeness (QED) is 0.329. The third-order valence-electron chi connectivity index (χ3n) is 2.99. The molecule has 0 radical (unpaired) electrons. The number of hydrogen-bond donors (Lipinski definition) is 0. The summed E-state index contributed by atoms with van der Waals surface area (Å²) in [6.07, 6.45) is 3.04. The number of esters is 2. The average Bonchev–Trinajstić information content (AvgIpc) is 2.92. The van der Waals surface area contributed by atoms with Crippen molar-refractivity contribution in [3.8, 4) is 11.8 Å². The van der Waals surface area contributed by atoms with Crippen molar-refractivity contribution in [1.29, 1.82) is 5.26 Å². The number of nitrogens with zero attached hydrogens (tertiary/aromatic N) is 3. The number of rotatable bonds is 5. The van der Waals surface area contributed by atoms with E-state index in [1.165, 1.54) is 10.8 Å². The standard InChI is InChI=1S/C17H14BrN3O4/c1-3-24-16(22)12(9-19)8-11-4-6-13(7-5-11)25-17(23)15-14(18)10-21(2)20-15/h4-8,10H,3H2,1-2H3. The molecule has 0 aliphatic heterocycles. The van der Waals surface area contributed by atoms with Crippen molar-refractivity contribution in [3.05, 3.63) is 51.8 Å².